The molecule has 37 heavy (non-hydrogen) atoms. The van der Waals surface area contributed by atoms with E-state index in [0.717, 1.165) is 78.9 Å². The van der Waals surface area contributed by atoms with Gasteiger partial charge in [-0.25, -0.2) is 0 Å². The lowest BCUT2D eigenvalue weighted by Gasteiger charge is -2.37. The number of anilines is 2. The summed E-state index contributed by atoms with van der Waals surface area (Å²) in [5, 5.41) is 3.59. The Bertz CT molecular complexity index is 1130. The first-order valence-electron chi connectivity index (χ1n) is 14.0. The predicted octanol–water partition coefficient (Wildman–Crippen LogP) is 7.98. The average molecular weight is 503 g/mol. The number of fused-ring (bicyclic) bond motifs is 1. The molecule has 5 heteroatoms. The summed E-state index contributed by atoms with van der Waals surface area (Å²) in [6, 6.07) is 15.5. The first-order valence-corrected chi connectivity index (χ1v) is 14.0. The Kier molecular flexibility index (Phi) is 8.73. The molecule has 5 nitrogen and oxygen atoms in total. The molecule has 0 radical (unpaired) electrons. The number of para-hydroxylation sites is 2. The largest absolute Gasteiger partial charge is 0.494 e. The Hall–Kier alpha value is -3.08. The van der Waals surface area contributed by atoms with E-state index < -0.39 is 6.04 Å². The van der Waals surface area contributed by atoms with E-state index in [1.54, 1.807) is 0 Å². The van der Waals surface area contributed by atoms with E-state index in [4.69, 9.17) is 4.74 Å². The van der Waals surface area contributed by atoms with E-state index in [2.05, 4.69) is 33.0 Å². The molecule has 2 aromatic rings. The smallest absolute Gasteiger partial charge is 0.227 e. The number of hydrogen-bond acceptors (Lipinski definition) is 4. The van der Waals surface area contributed by atoms with Gasteiger partial charge in [-0.15, -0.1) is 0 Å². The Morgan fingerprint density at radius 2 is 1.68 bits per heavy atom. The highest BCUT2D eigenvalue weighted by Crippen LogP contribution is 2.48. The van der Waals surface area contributed by atoms with Crippen molar-refractivity contribution in [2.24, 2.45) is 5.41 Å². The zero-order chi connectivity index (χ0) is 26.4. The van der Waals surface area contributed by atoms with Crippen LogP contribution in [0.2, 0.25) is 0 Å². The highest BCUT2D eigenvalue weighted by molar-refractivity contribution is 6.06. The van der Waals surface area contributed by atoms with Crippen LogP contribution in [0, 0.1) is 5.41 Å². The molecule has 0 unspecified atom stereocenters. The van der Waals surface area contributed by atoms with Crippen LogP contribution in [0.5, 0.6) is 5.75 Å². The number of hydrogen-bond donors (Lipinski definition) is 1. The number of benzene rings is 2. The standard InChI is InChI=1S/C32H42N2O3/c1-5-7-9-15-29(36)34-27-14-11-10-13-25(27)33-26-21-32(3,4)22-28(35)30(26)31(34)23-16-18-24(19-17-23)37-20-12-8-6-2/h10-11,13-14,16-19,31,33H,5-9,12,15,20-22H2,1-4H3/t31-/m0/s1. The maximum Gasteiger partial charge on any atom is 0.227 e. The number of nitrogens with zero attached hydrogens (tertiary/aromatic N) is 1. The molecule has 198 valence electrons. The summed E-state index contributed by atoms with van der Waals surface area (Å²) in [6.07, 6.45) is 7.93. The van der Waals surface area contributed by atoms with Crippen molar-refractivity contribution in [3.05, 3.63) is 65.4 Å². The molecule has 0 bridgehead atoms. The molecular formula is C32H42N2O3. The maximum absolute atomic E-state index is 13.9. The Morgan fingerprint density at radius 3 is 2.41 bits per heavy atom. The van der Waals surface area contributed by atoms with Crippen molar-refractivity contribution in [3.63, 3.8) is 0 Å². The Labute approximate surface area is 222 Å². The van der Waals surface area contributed by atoms with Crippen LogP contribution in [0.3, 0.4) is 0 Å². The van der Waals surface area contributed by atoms with Crippen molar-refractivity contribution < 1.29 is 14.3 Å². The van der Waals surface area contributed by atoms with E-state index in [1.165, 1.54) is 0 Å². The highest BCUT2D eigenvalue weighted by atomic mass is 16.5. The molecule has 1 N–H and O–H groups in total. The van der Waals surface area contributed by atoms with Crippen LogP contribution in [0.25, 0.3) is 0 Å². The van der Waals surface area contributed by atoms with Gasteiger partial charge in [0.2, 0.25) is 5.91 Å². The average Bonchev–Trinajstić information content (AvgIpc) is 3.01. The summed E-state index contributed by atoms with van der Waals surface area (Å²) in [5.74, 6) is 0.986. The van der Waals surface area contributed by atoms with E-state index in [0.29, 0.717) is 19.4 Å². The van der Waals surface area contributed by atoms with Crippen LogP contribution in [-0.4, -0.2) is 18.3 Å². The van der Waals surface area contributed by atoms with Gasteiger partial charge < -0.3 is 10.1 Å². The van der Waals surface area contributed by atoms with Gasteiger partial charge >= 0.3 is 0 Å². The molecular weight excluding hydrogens is 460 g/mol. The molecule has 0 saturated heterocycles. The molecule has 2 aromatic carbocycles. The van der Waals surface area contributed by atoms with Crippen molar-refractivity contribution >= 4 is 23.1 Å². The van der Waals surface area contributed by atoms with Crippen molar-refractivity contribution in [3.8, 4) is 5.75 Å². The van der Waals surface area contributed by atoms with Crippen LogP contribution in [-0.2, 0) is 9.59 Å². The van der Waals surface area contributed by atoms with Crippen molar-refractivity contribution in [2.75, 3.05) is 16.8 Å². The Balaban J connectivity index is 1.79. The fourth-order valence-corrected chi connectivity index (χ4v) is 5.51. The molecule has 0 aromatic heterocycles. The van der Waals surface area contributed by atoms with Crippen LogP contribution < -0.4 is 15.0 Å². The number of unbranched alkanes of at least 4 members (excludes halogenated alkanes) is 4. The summed E-state index contributed by atoms with van der Waals surface area (Å²) in [6.45, 7) is 9.30. The van der Waals surface area contributed by atoms with Gasteiger partial charge in [0.05, 0.1) is 24.0 Å². The van der Waals surface area contributed by atoms with Crippen molar-refractivity contribution in [1.29, 1.82) is 0 Å². The lowest BCUT2D eigenvalue weighted by molar-refractivity contribution is -0.119. The summed E-state index contributed by atoms with van der Waals surface area (Å²) < 4.78 is 5.95. The van der Waals surface area contributed by atoms with Crippen LogP contribution >= 0.6 is 0 Å². The third-order valence-corrected chi connectivity index (χ3v) is 7.38. The quantitative estimate of drug-likeness (QED) is 0.335. The first kappa shape index (κ1) is 27.0. The zero-order valence-electron chi connectivity index (χ0n) is 22.9. The molecule has 1 atom stereocenters. The normalized spacial score (nSPS) is 18.5. The topological polar surface area (TPSA) is 58.6 Å². The minimum atomic E-state index is -0.474. The molecule has 0 fully saturated rings. The second kappa shape index (κ2) is 12.0. The number of nitrogens with one attached hydrogen (secondary N) is 1. The van der Waals surface area contributed by atoms with Gasteiger partial charge in [-0.3, -0.25) is 14.5 Å². The van der Waals surface area contributed by atoms with Crippen molar-refractivity contribution in [2.45, 2.75) is 91.5 Å². The second-order valence-electron chi connectivity index (χ2n) is 11.2. The fourth-order valence-electron chi connectivity index (χ4n) is 5.51. The molecule has 1 heterocycles. The van der Waals surface area contributed by atoms with Gasteiger partial charge in [0, 0.05) is 24.1 Å². The third kappa shape index (κ3) is 6.26. The van der Waals surface area contributed by atoms with E-state index in [1.807, 2.05) is 53.4 Å². The lowest BCUT2D eigenvalue weighted by Crippen LogP contribution is -2.39. The molecule has 0 saturated carbocycles. The minimum Gasteiger partial charge on any atom is -0.494 e. The number of amides is 1. The highest BCUT2D eigenvalue weighted by Gasteiger charge is 2.43. The number of allylic oxidation sites excluding steroid dienone is 1. The predicted molar refractivity (Wildman–Crippen MR) is 151 cm³/mol. The summed E-state index contributed by atoms with van der Waals surface area (Å²) in [7, 11) is 0. The SMILES string of the molecule is CCCCCOc1ccc([C@H]2C3=C(CC(C)(C)CC3=O)Nc3ccccc3N2C(=O)CCCCC)cc1. The van der Waals surface area contributed by atoms with Gasteiger partial charge in [-0.05, 0) is 54.5 Å². The molecule has 2 aliphatic rings. The van der Waals surface area contributed by atoms with Gasteiger partial charge in [-0.1, -0.05) is 77.6 Å². The van der Waals surface area contributed by atoms with Crippen LogP contribution in [0.1, 0.15) is 97.1 Å². The second-order valence-corrected chi connectivity index (χ2v) is 11.2. The minimum absolute atomic E-state index is 0.0546. The van der Waals surface area contributed by atoms with Gasteiger partial charge in [0.1, 0.15) is 5.75 Å². The Morgan fingerprint density at radius 1 is 0.973 bits per heavy atom. The molecule has 1 amide bonds. The zero-order valence-corrected chi connectivity index (χ0v) is 22.9. The van der Waals surface area contributed by atoms with Gasteiger partial charge in [0.15, 0.2) is 5.78 Å². The lowest BCUT2D eigenvalue weighted by atomic mass is 9.73. The number of carbonyl (C=O) groups excluding carboxylic acids is 2. The molecule has 1 aliphatic heterocycles. The number of carbonyl (C=O) groups is 2. The van der Waals surface area contributed by atoms with E-state index >= 15 is 0 Å². The summed E-state index contributed by atoms with van der Waals surface area (Å²) in [5.41, 5.74) is 4.15. The van der Waals surface area contributed by atoms with Crippen molar-refractivity contribution in [1.82, 2.24) is 0 Å². The van der Waals surface area contributed by atoms with Crippen LogP contribution in [0.4, 0.5) is 11.4 Å². The fraction of sp³-hybridized carbons (Fsp3) is 0.500. The number of ether oxygens (including phenoxy) is 1. The van der Waals surface area contributed by atoms with Gasteiger partial charge in [-0.2, -0.15) is 0 Å². The van der Waals surface area contributed by atoms with Crippen LogP contribution in [0.15, 0.2) is 59.8 Å². The summed E-state index contributed by atoms with van der Waals surface area (Å²) >= 11 is 0. The van der Waals surface area contributed by atoms with E-state index in [9.17, 15) is 9.59 Å². The first-order chi connectivity index (χ1) is 17.8. The third-order valence-electron chi connectivity index (χ3n) is 7.38. The molecule has 0 spiro atoms. The monoisotopic (exact) mass is 502 g/mol. The summed E-state index contributed by atoms with van der Waals surface area (Å²) in [4.78, 5) is 29.5. The number of rotatable bonds is 10. The number of Topliss-reactive ketones (excluding diaryl/α,β-unsaturated/α-hetero) is 1. The van der Waals surface area contributed by atoms with E-state index in [-0.39, 0.29) is 17.1 Å². The molecule has 1 aliphatic carbocycles. The maximum atomic E-state index is 13.9. The number of ketones is 1. The van der Waals surface area contributed by atoms with Gasteiger partial charge in [0.25, 0.3) is 0 Å². The molecule has 4 rings (SSSR count).